The molecule has 2 fully saturated rings. The highest BCUT2D eigenvalue weighted by Crippen LogP contribution is 2.32. The maximum atomic E-state index is 13.2. The second kappa shape index (κ2) is 18.0. The van der Waals surface area contributed by atoms with Crippen LogP contribution in [0.1, 0.15) is 91.9 Å². The number of likely N-dealkylation sites (tertiary alicyclic amines) is 2. The molecule has 0 saturated carbocycles. The molecule has 6 unspecified atom stereocenters. The fourth-order valence-corrected chi connectivity index (χ4v) is 16.3. The lowest BCUT2D eigenvalue weighted by molar-refractivity contribution is -0.143. The van der Waals surface area contributed by atoms with Gasteiger partial charge < -0.3 is 14.7 Å². The Labute approximate surface area is 289 Å². The second-order valence-electron chi connectivity index (χ2n) is 15.9. The normalized spacial score (nSPS) is 21.6. The molecule has 0 aromatic rings. The van der Waals surface area contributed by atoms with Crippen LogP contribution >= 0.6 is 0 Å². The molecule has 0 bridgehead atoms. The van der Waals surface area contributed by atoms with E-state index in [9.17, 15) is 19.2 Å². The van der Waals surface area contributed by atoms with Gasteiger partial charge in [0.25, 0.3) is 0 Å². The highest BCUT2D eigenvalue weighted by atomic mass is 28.4. The third-order valence-corrected chi connectivity index (χ3v) is 17.2. The zero-order valence-electron chi connectivity index (χ0n) is 31.3. The van der Waals surface area contributed by atoms with Gasteiger partial charge in [0.15, 0.2) is 32.3 Å². The van der Waals surface area contributed by atoms with Crippen molar-refractivity contribution in [1.82, 2.24) is 20.4 Å². The van der Waals surface area contributed by atoms with Crippen molar-refractivity contribution < 1.29 is 23.3 Å². The number of rotatable bonds is 22. The molecule has 2 aliphatic heterocycles. The summed E-state index contributed by atoms with van der Waals surface area (Å²) in [5.74, 6) is -0.562. The van der Waals surface area contributed by atoms with Gasteiger partial charge in [-0.25, -0.2) is 0 Å². The highest BCUT2D eigenvalue weighted by molar-refractivity contribution is 6.84. The average Bonchev–Trinajstić information content (AvgIpc) is 3.36. The Hall–Kier alpha value is -2.12. The van der Waals surface area contributed by atoms with Crippen molar-refractivity contribution in [2.45, 2.75) is 154 Å². The molecule has 2 aliphatic rings. The number of hydrogen-bond donors (Lipinski definition) is 2. The average molecular weight is 687 g/mol. The second-order valence-corrected chi connectivity index (χ2v) is 24.8. The number of imide groups is 2. The summed E-state index contributed by atoms with van der Waals surface area (Å²) in [7, 11) is -0.115. The van der Waals surface area contributed by atoms with Crippen LogP contribution in [0.25, 0.3) is 0 Å². The van der Waals surface area contributed by atoms with Gasteiger partial charge >= 0.3 is 0 Å². The predicted molar refractivity (Wildman–Crippen MR) is 202 cm³/mol. The summed E-state index contributed by atoms with van der Waals surface area (Å²) < 4.78 is 6.86. The molecule has 4 amide bonds. The number of amides is 4. The summed E-state index contributed by atoms with van der Waals surface area (Å²) in [5.41, 5.74) is 1.84. The molecule has 2 rings (SSSR count). The monoisotopic (exact) mass is 686 g/mol. The molecule has 9 nitrogen and oxygen atoms in total. The van der Waals surface area contributed by atoms with E-state index in [1.165, 1.54) is 9.80 Å². The highest BCUT2D eigenvalue weighted by Gasteiger charge is 2.42. The Morgan fingerprint density at radius 1 is 0.723 bits per heavy atom. The Balaban J connectivity index is 1.77. The lowest BCUT2D eigenvalue weighted by Crippen LogP contribution is -2.44. The summed E-state index contributed by atoms with van der Waals surface area (Å²) in [6.45, 7) is 24.9. The molecule has 0 aromatic heterocycles. The van der Waals surface area contributed by atoms with Crippen LogP contribution in [-0.4, -0.2) is 89.9 Å². The van der Waals surface area contributed by atoms with E-state index in [1.807, 2.05) is 29.5 Å². The van der Waals surface area contributed by atoms with E-state index in [4.69, 9.17) is 4.12 Å². The van der Waals surface area contributed by atoms with Crippen molar-refractivity contribution >= 4 is 56.0 Å². The molecular formula is C34H64B2N4O5Si2. The smallest absolute Gasteiger partial charge is 0.233 e. The van der Waals surface area contributed by atoms with Crippen LogP contribution in [0.4, 0.5) is 0 Å². The molecule has 2 N–H and O–H groups in total. The van der Waals surface area contributed by atoms with Gasteiger partial charge in [0.05, 0.1) is 0 Å². The molecule has 2 saturated heterocycles. The van der Waals surface area contributed by atoms with Gasteiger partial charge in [0.2, 0.25) is 23.6 Å². The van der Waals surface area contributed by atoms with Crippen molar-refractivity contribution in [2.24, 2.45) is 11.8 Å². The Kier molecular flexibility index (Phi) is 15.8. The van der Waals surface area contributed by atoms with E-state index in [0.717, 1.165) is 74.6 Å². The van der Waals surface area contributed by atoms with Crippen molar-refractivity contribution in [2.75, 3.05) is 0 Å². The van der Waals surface area contributed by atoms with Crippen LogP contribution in [-0.2, 0) is 23.3 Å². The molecular weight excluding hydrogens is 622 g/mol. The van der Waals surface area contributed by atoms with Gasteiger partial charge in [-0.15, -0.1) is 0 Å². The van der Waals surface area contributed by atoms with E-state index in [0.29, 0.717) is 12.8 Å². The summed E-state index contributed by atoms with van der Waals surface area (Å²) in [4.78, 5) is 55.0. The Bertz CT molecular complexity index is 1070. The van der Waals surface area contributed by atoms with Crippen LogP contribution in [0.15, 0.2) is 24.4 Å². The fourth-order valence-electron chi connectivity index (χ4n) is 7.43. The zero-order chi connectivity index (χ0) is 35.7. The summed E-state index contributed by atoms with van der Waals surface area (Å²) >= 11 is 0. The van der Waals surface area contributed by atoms with Gasteiger partial charge in [-0.05, 0) is 116 Å². The lowest BCUT2D eigenvalue weighted by atomic mass is 10.0. The first-order chi connectivity index (χ1) is 21.7. The van der Waals surface area contributed by atoms with Crippen LogP contribution in [0.3, 0.4) is 0 Å². The Morgan fingerprint density at radius 3 is 1.38 bits per heavy atom. The molecule has 264 valence electrons. The lowest BCUT2D eigenvalue weighted by Gasteiger charge is -2.34. The first kappa shape index (κ1) is 41.1. The predicted octanol–water partition coefficient (Wildman–Crippen LogP) is 4.23. The van der Waals surface area contributed by atoms with Gasteiger partial charge in [-0.1, -0.05) is 26.0 Å². The van der Waals surface area contributed by atoms with Gasteiger partial charge in [-0.3, -0.25) is 29.0 Å². The number of nitrogens with one attached hydrogen (secondary N) is 2. The zero-order valence-corrected chi connectivity index (χ0v) is 33.3. The maximum Gasteiger partial charge on any atom is 0.233 e. The summed E-state index contributed by atoms with van der Waals surface area (Å²) in [5, 5.41) is 6.60. The molecule has 6 atom stereocenters. The van der Waals surface area contributed by atoms with Gasteiger partial charge in [0, 0.05) is 48.8 Å². The van der Waals surface area contributed by atoms with Crippen molar-refractivity contribution in [3.05, 3.63) is 24.4 Å². The van der Waals surface area contributed by atoms with Crippen molar-refractivity contribution in [3.63, 3.8) is 0 Å². The summed E-state index contributed by atoms with van der Waals surface area (Å²) in [6.07, 6.45) is 7.11. The number of carbonyl (C=O) groups is 4. The van der Waals surface area contributed by atoms with Crippen LogP contribution < -0.4 is 10.6 Å². The number of carbonyl (C=O) groups excluding carboxylic acids is 4. The van der Waals surface area contributed by atoms with E-state index < -0.39 is 16.6 Å². The van der Waals surface area contributed by atoms with Crippen LogP contribution in [0.2, 0.25) is 38.3 Å². The molecule has 13 heteroatoms. The third kappa shape index (κ3) is 13.4. The largest absolute Gasteiger partial charge is 0.455 e. The molecule has 0 aliphatic carbocycles. The molecule has 47 heavy (non-hydrogen) atoms. The summed E-state index contributed by atoms with van der Waals surface area (Å²) in [6, 6.07) is 2.20. The maximum absolute atomic E-state index is 13.2. The molecule has 0 radical (unpaired) electrons. The van der Waals surface area contributed by atoms with Gasteiger partial charge in [0.1, 0.15) is 0 Å². The molecule has 2 heterocycles. The minimum absolute atomic E-state index is 0.0136. The molecule has 0 aromatic carbocycles. The minimum atomic E-state index is -1.99. The standard InChI is InChI=1S/C34H64B2N4O5Si2/c1-23(37-27(5)35)15-17-25(3)39-31(41)21-29(33(39)43)13-11-19-46(7,8)45-47(9,10)20-12-14-30-22-32(42)40(34(30)44)26(4)18-16-24(2)38-28(6)36/h23-26,29-30,37-38H,5-6,11-22,35-36H2,1-4,7-10H3. The van der Waals surface area contributed by atoms with E-state index in [1.54, 1.807) is 0 Å². The topological polar surface area (TPSA) is 108 Å². The first-order valence-corrected chi connectivity index (χ1v) is 24.2. The first-order valence-electron chi connectivity index (χ1n) is 18.0. The number of hydrogen-bond acceptors (Lipinski definition) is 7. The van der Waals surface area contributed by atoms with Crippen LogP contribution in [0, 0.1) is 11.8 Å². The van der Waals surface area contributed by atoms with E-state index in [-0.39, 0.29) is 59.6 Å². The van der Waals surface area contributed by atoms with Crippen molar-refractivity contribution in [3.8, 4) is 0 Å². The minimum Gasteiger partial charge on any atom is -0.455 e. The quantitative estimate of drug-likeness (QED) is 0.130. The SMILES string of the molecule is BC(=C)NC(C)CCC(C)N1C(=O)CC(CCC[Si](C)(C)O[Si](C)(C)CCCC2CC(=O)N(C(C)CCC(C)NC(B)=C)C2=O)C1=O. The van der Waals surface area contributed by atoms with Crippen LogP contribution in [0.5, 0.6) is 0 Å². The van der Waals surface area contributed by atoms with Crippen molar-refractivity contribution in [1.29, 1.82) is 0 Å². The molecule has 0 spiro atoms. The third-order valence-electron chi connectivity index (χ3n) is 9.67. The van der Waals surface area contributed by atoms with E-state index >= 15 is 0 Å². The Morgan fingerprint density at radius 2 is 1.06 bits per heavy atom. The van der Waals surface area contributed by atoms with E-state index in [2.05, 4.69) is 63.8 Å². The fraction of sp³-hybridized carbons (Fsp3) is 0.765. The number of nitrogens with zero attached hydrogens (tertiary/aromatic N) is 2. The van der Waals surface area contributed by atoms with Gasteiger partial charge in [-0.2, -0.15) is 0 Å².